The molecule has 1 aliphatic rings. The molecule has 13 heteroatoms. The number of fused-ring (bicyclic) bond motifs is 1. The number of rotatable bonds is 10. The van der Waals surface area contributed by atoms with Gasteiger partial charge in [-0.05, 0) is 30.7 Å². The molecular formula is C28H30F2N8O3. The fraction of sp³-hybridized carbons (Fsp3) is 0.321. The van der Waals surface area contributed by atoms with Crippen molar-refractivity contribution < 1.29 is 23.1 Å². The number of hydrogen-bond acceptors (Lipinski definition) is 8. The van der Waals surface area contributed by atoms with Gasteiger partial charge in [-0.15, -0.1) is 0 Å². The lowest BCUT2D eigenvalue weighted by Gasteiger charge is -2.34. The lowest BCUT2D eigenvalue weighted by molar-refractivity contribution is -0.130. The van der Waals surface area contributed by atoms with E-state index >= 15 is 0 Å². The summed E-state index contributed by atoms with van der Waals surface area (Å²) >= 11 is 0. The van der Waals surface area contributed by atoms with Gasteiger partial charge in [0.1, 0.15) is 12.3 Å². The van der Waals surface area contributed by atoms with Gasteiger partial charge in [0, 0.05) is 63.5 Å². The van der Waals surface area contributed by atoms with E-state index in [2.05, 4.69) is 30.6 Å². The fourth-order valence-corrected chi connectivity index (χ4v) is 4.50. The van der Waals surface area contributed by atoms with Crippen molar-refractivity contribution >= 4 is 40.0 Å². The quantitative estimate of drug-likeness (QED) is 0.282. The first-order chi connectivity index (χ1) is 19.8. The Balaban J connectivity index is 1.12. The molecule has 0 bridgehead atoms. The number of anilines is 3. The number of nitrogens with one attached hydrogen (secondary N) is 2. The molecule has 5 rings (SSSR count). The van der Waals surface area contributed by atoms with Crippen LogP contribution < -0.4 is 15.4 Å². The molecule has 4 aromatic rings. The third kappa shape index (κ3) is 7.31. The van der Waals surface area contributed by atoms with Crippen molar-refractivity contribution in [1.82, 2.24) is 29.5 Å². The van der Waals surface area contributed by atoms with Crippen molar-refractivity contribution in [2.75, 3.05) is 50.0 Å². The van der Waals surface area contributed by atoms with Crippen molar-refractivity contribution in [3.05, 3.63) is 66.6 Å². The third-order valence-corrected chi connectivity index (χ3v) is 6.68. The van der Waals surface area contributed by atoms with Gasteiger partial charge in [0.05, 0.1) is 29.7 Å². The van der Waals surface area contributed by atoms with Crippen molar-refractivity contribution in [1.29, 1.82) is 0 Å². The second-order valence-corrected chi connectivity index (χ2v) is 9.67. The molecule has 0 radical (unpaired) electrons. The first-order valence-corrected chi connectivity index (χ1v) is 13.2. The molecule has 0 atom stereocenters. The maximum Gasteiger partial charge on any atom is 0.246 e. The highest BCUT2D eigenvalue weighted by Crippen LogP contribution is 2.22. The Labute approximate surface area is 235 Å². The van der Waals surface area contributed by atoms with Crippen LogP contribution in [0.25, 0.3) is 10.9 Å². The molecule has 2 aromatic heterocycles. The van der Waals surface area contributed by atoms with Gasteiger partial charge < -0.3 is 20.3 Å². The van der Waals surface area contributed by atoms with Crippen LogP contribution in [0, 0.1) is 11.6 Å². The molecule has 1 aliphatic heterocycles. The number of hydrogen-bond donors (Lipinski definition) is 2. The van der Waals surface area contributed by atoms with E-state index < -0.39 is 17.5 Å². The fourth-order valence-electron chi connectivity index (χ4n) is 4.50. The second-order valence-electron chi connectivity index (χ2n) is 9.67. The number of amides is 2. The molecule has 11 nitrogen and oxygen atoms in total. The highest BCUT2D eigenvalue weighted by Gasteiger charge is 2.18. The SMILES string of the molecule is CC(=O)N1CCN(CCCOc2ccc3cnc(Nc4cnn(CC(=O)Nc5cccc(F)c5F)c4)nc3c2)CC1. The standard InChI is InChI=1S/C28H30F2N8O3/c1-19(39)37-11-9-36(10-12-37)8-3-13-41-22-7-6-20-15-31-28(35-25(20)14-22)33-21-16-32-38(17-21)18-26(40)34-24-5-2-4-23(29)27(24)30/h2,4-7,14-17H,3,8-13,18H2,1H3,(H,34,40)(H,31,33,35). The maximum absolute atomic E-state index is 13.8. The molecule has 2 N–H and O–H groups in total. The zero-order chi connectivity index (χ0) is 28.8. The van der Waals surface area contributed by atoms with Gasteiger partial charge in [0.25, 0.3) is 0 Å². The number of piperazine rings is 1. The van der Waals surface area contributed by atoms with E-state index in [0.29, 0.717) is 29.5 Å². The highest BCUT2D eigenvalue weighted by molar-refractivity contribution is 5.90. The molecule has 3 heterocycles. The van der Waals surface area contributed by atoms with Crippen LogP contribution in [0.3, 0.4) is 0 Å². The molecule has 0 unspecified atom stereocenters. The normalized spacial score (nSPS) is 13.8. The van der Waals surface area contributed by atoms with Crippen LogP contribution in [0.2, 0.25) is 0 Å². The molecule has 0 aliphatic carbocycles. The van der Waals surface area contributed by atoms with Crippen molar-refractivity contribution in [3.63, 3.8) is 0 Å². The van der Waals surface area contributed by atoms with E-state index in [1.165, 1.54) is 23.0 Å². The minimum Gasteiger partial charge on any atom is -0.493 e. The van der Waals surface area contributed by atoms with E-state index in [4.69, 9.17) is 4.74 Å². The van der Waals surface area contributed by atoms with Crippen LogP contribution in [0.1, 0.15) is 13.3 Å². The van der Waals surface area contributed by atoms with Crippen LogP contribution in [0.15, 0.2) is 55.0 Å². The Morgan fingerprint density at radius 3 is 2.71 bits per heavy atom. The molecule has 2 aromatic carbocycles. The Hall–Kier alpha value is -4.65. The average Bonchev–Trinajstić information content (AvgIpc) is 3.39. The van der Waals surface area contributed by atoms with E-state index in [-0.39, 0.29) is 18.1 Å². The van der Waals surface area contributed by atoms with E-state index in [1.807, 2.05) is 23.1 Å². The molecule has 41 heavy (non-hydrogen) atoms. The predicted molar refractivity (Wildman–Crippen MR) is 149 cm³/mol. The summed E-state index contributed by atoms with van der Waals surface area (Å²) in [5, 5.41) is 10.4. The van der Waals surface area contributed by atoms with Crippen LogP contribution in [0.4, 0.5) is 26.1 Å². The van der Waals surface area contributed by atoms with E-state index in [9.17, 15) is 18.4 Å². The van der Waals surface area contributed by atoms with Crippen molar-refractivity contribution in [2.45, 2.75) is 19.9 Å². The van der Waals surface area contributed by atoms with Crippen LogP contribution in [-0.2, 0) is 16.1 Å². The number of benzene rings is 2. The Morgan fingerprint density at radius 2 is 1.90 bits per heavy atom. The Kier molecular flexibility index (Phi) is 8.63. The summed E-state index contributed by atoms with van der Waals surface area (Å²) in [6.07, 6.45) is 5.64. The number of carbonyl (C=O) groups is 2. The first kappa shape index (κ1) is 27.9. The lowest BCUT2D eigenvalue weighted by Crippen LogP contribution is -2.48. The Bertz CT molecular complexity index is 1540. The number of halogens is 2. The Morgan fingerprint density at radius 1 is 1.07 bits per heavy atom. The van der Waals surface area contributed by atoms with Gasteiger partial charge in [-0.3, -0.25) is 19.2 Å². The molecule has 1 fully saturated rings. The number of aromatic nitrogens is 4. The summed E-state index contributed by atoms with van der Waals surface area (Å²) in [4.78, 5) is 36.8. The van der Waals surface area contributed by atoms with E-state index in [0.717, 1.165) is 50.6 Å². The van der Waals surface area contributed by atoms with Gasteiger partial charge >= 0.3 is 0 Å². The van der Waals surface area contributed by atoms with Gasteiger partial charge in [0.15, 0.2) is 11.6 Å². The first-order valence-electron chi connectivity index (χ1n) is 13.2. The van der Waals surface area contributed by atoms with Gasteiger partial charge in [-0.1, -0.05) is 6.07 Å². The number of ether oxygens (including phenoxy) is 1. The average molecular weight is 565 g/mol. The molecule has 2 amide bonds. The summed E-state index contributed by atoms with van der Waals surface area (Å²) in [5.74, 6) is -1.55. The van der Waals surface area contributed by atoms with Crippen LogP contribution in [0.5, 0.6) is 5.75 Å². The number of nitrogens with zero attached hydrogens (tertiary/aromatic N) is 6. The zero-order valence-corrected chi connectivity index (χ0v) is 22.5. The molecule has 0 saturated carbocycles. The smallest absolute Gasteiger partial charge is 0.246 e. The zero-order valence-electron chi connectivity index (χ0n) is 22.5. The van der Waals surface area contributed by atoms with Gasteiger partial charge in [0.2, 0.25) is 17.8 Å². The summed E-state index contributed by atoms with van der Waals surface area (Å²) in [7, 11) is 0. The molecule has 1 saturated heterocycles. The monoisotopic (exact) mass is 564 g/mol. The molecule has 0 spiro atoms. The predicted octanol–water partition coefficient (Wildman–Crippen LogP) is 3.42. The lowest BCUT2D eigenvalue weighted by atomic mass is 10.2. The van der Waals surface area contributed by atoms with Crippen molar-refractivity contribution in [2.24, 2.45) is 0 Å². The molecular weight excluding hydrogens is 534 g/mol. The summed E-state index contributed by atoms with van der Waals surface area (Å²) < 4.78 is 34.5. The van der Waals surface area contributed by atoms with Gasteiger partial charge in [-0.2, -0.15) is 5.10 Å². The summed E-state index contributed by atoms with van der Waals surface area (Å²) in [6, 6.07) is 9.20. The highest BCUT2D eigenvalue weighted by atomic mass is 19.2. The summed E-state index contributed by atoms with van der Waals surface area (Å²) in [6.45, 7) is 6.17. The minimum absolute atomic E-state index is 0.128. The number of carbonyl (C=O) groups excluding carboxylic acids is 2. The maximum atomic E-state index is 13.8. The second kappa shape index (κ2) is 12.7. The topological polar surface area (TPSA) is 118 Å². The largest absolute Gasteiger partial charge is 0.493 e. The van der Waals surface area contributed by atoms with E-state index in [1.54, 1.807) is 19.3 Å². The third-order valence-electron chi connectivity index (χ3n) is 6.68. The van der Waals surface area contributed by atoms with Crippen LogP contribution in [-0.4, -0.2) is 80.7 Å². The van der Waals surface area contributed by atoms with Gasteiger partial charge in [-0.25, -0.2) is 18.7 Å². The van der Waals surface area contributed by atoms with Crippen LogP contribution >= 0.6 is 0 Å². The molecule has 214 valence electrons. The minimum atomic E-state index is -1.12. The van der Waals surface area contributed by atoms with Crippen molar-refractivity contribution in [3.8, 4) is 5.75 Å². The summed E-state index contributed by atoms with van der Waals surface area (Å²) in [5.41, 5.74) is 1.01.